The number of rotatable bonds is 77. The van der Waals surface area contributed by atoms with Gasteiger partial charge >= 0.3 is 39.5 Å². The molecule has 0 radical (unpaired) electrons. The van der Waals surface area contributed by atoms with Crippen LogP contribution in [0.2, 0.25) is 0 Å². The number of phosphoric ester groups is 2. The van der Waals surface area contributed by atoms with Crippen molar-refractivity contribution in [1.82, 2.24) is 0 Å². The van der Waals surface area contributed by atoms with Gasteiger partial charge in [-0.3, -0.25) is 37.3 Å². The molecule has 98 heavy (non-hydrogen) atoms. The minimum absolute atomic E-state index is 0.106. The Hall–Kier alpha value is -1.94. The van der Waals surface area contributed by atoms with E-state index in [9.17, 15) is 43.2 Å². The molecule has 19 heteroatoms. The lowest BCUT2D eigenvalue weighted by Crippen LogP contribution is -2.30. The topological polar surface area (TPSA) is 237 Å². The van der Waals surface area contributed by atoms with Gasteiger partial charge < -0.3 is 33.8 Å². The summed E-state index contributed by atoms with van der Waals surface area (Å²) in [5, 5.41) is 10.6. The molecule has 0 aromatic rings. The average molecular weight is 1440 g/mol. The standard InChI is InChI=1S/C79H154O17P2/c1-8-9-10-11-12-13-22-32-39-46-53-60-76(81)89-66-75(96-79(84)63-56-49-42-35-28-26-31-38-45-52-59-72(6)7)69-94-98(87,88)92-65-73(80)64-91-97(85,86)93-68-74(67-90-77(82)61-54-47-40-33-27-25-30-37-44-51-58-71(4)5)95-78(83)62-55-48-41-34-24-21-19-17-15-14-16-18-20-23-29-36-43-50-57-70(2)3/h70-75,80H,8-69H2,1-7H3,(H,85,86)(H,87,88)/t73-,74-,75-/m1/s1. The third-order valence-corrected chi connectivity index (χ3v) is 20.3. The van der Waals surface area contributed by atoms with Gasteiger partial charge in [-0.15, -0.1) is 0 Å². The van der Waals surface area contributed by atoms with E-state index in [-0.39, 0.29) is 25.7 Å². The number of phosphoric acid groups is 2. The number of aliphatic hydroxyl groups is 1. The van der Waals surface area contributed by atoms with Gasteiger partial charge in [0, 0.05) is 25.7 Å². The molecule has 0 aliphatic heterocycles. The van der Waals surface area contributed by atoms with Crippen LogP contribution in [0.5, 0.6) is 0 Å². The second-order valence-corrected chi connectivity index (χ2v) is 32.8. The third-order valence-electron chi connectivity index (χ3n) is 18.4. The summed E-state index contributed by atoms with van der Waals surface area (Å²) in [6.45, 7) is 11.9. The van der Waals surface area contributed by atoms with Gasteiger partial charge in [-0.05, 0) is 43.4 Å². The number of carbonyl (C=O) groups is 4. The number of esters is 4. The van der Waals surface area contributed by atoms with E-state index in [1.807, 2.05) is 0 Å². The zero-order chi connectivity index (χ0) is 72.3. The Kier molecular flexibility index (Phi) is 68.1. The summed E-state index contributed by atoms with van der Waals surface area (Å²) in [6, 6.07) is 0. The molecule has 0 spiro atoms. The van der Waals surface area contributed by atoms with Crippen molar-refractivity contribution in [2.75, 3.05) is 39.6 Å². The summed E-state index contributed by atoms with van der Waals surface area (Å²) in [4.78, 5) is 72.9. The molecule has 5 atom stereocenters. The van der Waals surface area contributed by atoms with Gasteiger partial charge in [-0.25, -0.2) is 9.13 Å². The summed E-state index contributed by atoms with van der Waals surface area (Å²) >= 11 is 0. The maximum atomic E-state index is 13.1. The number of aliphatic hydroxyl groups excluding tert-OH is 1. The number of carbonyl (C=O) groups excluding carboxylic acids is 4. The molecule has 17 nitrogen and oxygen atoms in total. The van der Waals surface area contributed by atoms with Gasteiger partial charge in [0.25, 0.3) is 0 Å². The fourth-order valence-electron chi connectivity index (χ4n) is 12.1. The molecule has 0 heterocycles. The van der Waals surface area contributed by atoms with Crippen LogP contribution in [0.25, 0.3) is 0 Å². The minimum atomic E-state index is -4.96. The molecule has 0 rings (SSSR count). The highest BCUT2D eigenvalue weighted by molar-refractivity contribution is 7.47. The Morgan fingerprint density at radius 2 is 0.469 bits per heavy atom. The molecule has 0 amide bonds. The van der Waals surface area contributed by atoms with Crippen molar-refractivity contribution >= 4 is 39.5 Å². The van der Waals surface area contributed by atoms with Crippen molar-refractivity contribution in [3.05, 3.63) is 0 Å². The second-order valence-electron chi connectivity index (χ2n) is 29.9. The molecule has 0 aromatic carbocycles. The van der Waals surface area contributed by atoms with Gasteiger partial charge in [-0.1, -0.05) is 357 Å². The Morgan fingerprint density at radius 3 is 0.694 bits per heavy atom. The van der Waals surface area contributed by atoms with Gasteiger partial charge in [0.05, 0.1) is 26.4 Å². The van der Waals surface area contributed by atoms with Crippen LogP contribution in [-0.2, 0) is 65.4 Å². The largest absolute Gasteiger partial charge is 0.472 e. The zero-order valence-electron chi connectivity index (χ0n) is 64.3. The van der Waals surface area contributed by atoms with Crippen LogP contribution in [0.15, 0.2) is 0 Å². The highest BCUT2D eigenvalue weighted by Gasteiger charge is 2.30. The predicted molar refractivity (Wildman–Crippen MR) is 400 cm³/mol. The molecule has 0 bridgehead atoms. The van der Waals surface area contributed by atoms with Crippen molar-refractivity contribution < 1.29 is 80.2 Å². The summed E-state index contributed by atoms with van der Waals surface area (Å²) in [5.41, 5.74) is 0. The normalized spacial score (nSPS) is 14.0. The van der Waals surface area contributed by atoms with E-state index in [0.717, 1.165) is 108 Å². The second kappa shape index (κ2) is 69.4. The minimum Gasteiger partial charge on any atom is -0.462 e. The molecule has 0 aliphatic carbocycles. The van der Waals surface area contributed by atoms with Crippen molar-refractivity contribution in [3.63, 3.8) is 0 Å². The van der Waals surface area contributed by atoms with Crippen molar-refractivity contribution in [2.45, 2.75) is 426 Å². The van der Waals surface area contributed by atoms with E-state index < -0.39 is 97.5 Å². The molecule has 0 fully saturated rings. The Balaban J connectivity index is 5.22. The lowest BCUT2D eigenvalue weighted by molar-refractivity contribution is -0.161. The SMILES string of the molecule is CCCCCCCCCCCCCC(=O)OC[C@H](COP(=O)(O)OC[C@H](O)COP(=O)(O)OC[C@@H](COC(=O)CCCCCCCCCCCCC(C)C)OC(=O)CCCCCCCCCCCCCCCCCCCCC(C)C)OC(=O)CCCCCCCCCCCCC(C)C. The van der Waals surface area contributed by atoms with Crippen LogP contribution in [0.1, 0.15) is 408 Å². The number of hydrogen-bond acceptors (Lipinski definition) is 15. The molecule has 0 saturated heterocycles. The molecule has 0 saturated carbocycles. The van der Waals surface area contributed by atoms with E-state index in [1.54, 1.807) is 0 Å². The zero-order valence-corrected chi connectivity index (χ0v) is 66.0. The van der Waals surface area contributed by atoms with Crippen LogP contribution >= 0.6 is 15.6 Å². The quantitative estimate of drug-likeness (QED) is 0.0222. The molecule has 0 aliphatic rings. The van der Waals surface area contributed by atoms with Crippen LogP contribution in [-0.4, -0.2) is 96.7 Å². The number of unbranched alkanes of at least 4 members (excludes halogenated alkanes) is 45. The number of ether oxygens (including phenoxy) is 4. The van der Waals surface area contributed by atoms with Crippen molar-refractivity contribution in [1.29, 1.82) is 0 Å². The molecule has 582 valence electrons. The Morgan fingerprint density at radius 1 is 0.276 bits per heavy atom. The van der Waals surface area contributed by atoms with Gasteiger partial charge in [0.1, 0.15) is 19.3 Å². The van der Waals surface area contributed by atoms with E-state index in [4.69, 9.17) is 37.0 Å². The maximum absolute atomic E-state index is 13.1. The summed E-state index contributed by atoms with van der Waals surface area (Å²) < 4.78 is 68.6. The van der Waals surface area contributed by atoms with E-state index >= 15 is 0 Å². The average Bonchev–Trinajstić information content (AvgIpc) is 1.06. The summed E-state index contributed by atoms with van der Waals surface area (Å²) in [7, 11) is -9.92. The highest BCUT2D eigenvalue weighted by atomic mass is 31.2. The van der Waals surface area contributed by atoms with Gasteiger partial charge in [0.15, 0.2) is 12.2 Å². The molecular weight excluding hydrogens is 1280 g/mol. The number of hydrogen-bond donors (Lipinski definition) is 3. The first kappa shape index (κ1) is 96.1. The lowest BCUT2D eigenvalue weighted by atomic mass is 10.0. The smallest absolute Gasteiger partial charge is 0.462 e. The Labute approximate surface area is 600 Å². The van der Waals surface area contributed by atoms with E-state index in [0.29, 0.717) is 25.7 Å². The summed E-state index contributed by atoms with van der Waals surface area (Å²) in [5.74, 6) is 0.217. The maximum Gasteiger partial charge on any atom is 0.472 e. The first-order valence-electron chi connectivity index (χ1n) is 40.8. The van der Waals surface area contributed by atoms with Crippen LogP contribution in [0.3, 0.4) is 0 Å². The monoisotopic (exact) mass is 1440 g/mol. The van der Waals surface area contributed by atoms with Gasteiger partial charge in [-0.2, -0.15) is 0 Å². The summed E-state index contributed by atoms with van der Waals surface area (Å²) in [6.07, 6.45) is 56.9. The molecule has 0 aromatic heterocycles. The molecule has 2 unspecified atom stereocenters. The van der Waals surface area contributed by atoms with Gasteiger partial charge in [0.2, 0.25) is 0 Å². The fraction of sp³-hybridized carbons (Fsp3) is 0.949. The fourth-order valence-corrected chi connectivity index (χ4v) is 13.7. The predicted octanol–water partition coefficient (Wildman–Crippen LogP) is 23.4. The molecule has 3 N–H and O–H groups in total. The van der Waals surface area contributed by atoms with E-state index in [2.05, 4.69) is 48.5 Å². The van der Waals surface area contributed by atoms with Crippen LogP contribution < -0.4 is 0 Å². The van der Waals surface area contributed by atoms with Crippen molar-refractivity contribution in [3.8, 4) is 0 Å². The third kappa shape index (κ3) is 72.4. The van der Waals surface area contributed by atoms with Crippen LogP contribution in [0.4, 0.5) is 0 Å². The first-order chi connectivity index (χ1) is 47.2. The lowest BCUT2D eigenvalue weighted by Gasteiger charge is -2.21. The highest BCUT2D eigenvalue weighted by Crippen LogP contribution is 2.45. The van der Waals surface area contributed by atoms with E-state index in [1.165, 1.54) is 218 Å². The Bertz CT molecular complexity index is 1900. The van der Waals surface area contributed by atoms with Crippen LogP contribution in [0, 0.1) is 17.8 Å². The first-order valence-corrected chi connectivity index (χ1v) is 43.8. The van der Waals surface area contributed by atoms with Crippen molar-refractivity contribution in [2.24, 2.45) is 17.8 Å². The molecular formula is C79H154O17P2.